The lowest BCUT2D eigenvalue weighted by molar-refractivity contribution is -0.0503. The average molecular weight is 429 g/mol. The number of alkyl halides is 2. The first-order chi connectivity index (χ1) is 14.8. The van der Waals surface area contributed by atoms with Gasteiger partial charge in [-0.3, -0.25) is 4.98 Å². The topological polar surface area (TPSA) is 60.2 Å². The molecule has 0 aliphatic carbocycles. The van der Waals surface area contributed by atoms with Crippen molar-refractivity contribution in [3.63, 3.8) is 0 Å². The Hall–Kier alpha value is -3.55. The molecule has 0 radical (unpaired) electrons. The van der Waals surface area contributed by atoms with Crippen LogP contribution in [0.2, 0.25) is 0 Å². The van der Waals surface area contributed by atoms with Gasteiger partial charge >= 0.3 is 6.61 Å². The molecule has 8 heteroatoms. The number of nitrogens with two attached hydrogens (primary N) is 1. The fourth-order valence-electron chi connectivity index (χ4n) is 3.88. The first-order valence-corrected chi connectivity index (χ1v) is 9.47. The van der Waals surface area contributed by atoms with Gasteiger partial charge in [-0.05, 0) is 54.0 Å². The van der Waals surface area contributed by atoms with Crippen molar-refractivity contribution in [1.82, 2.24) is 10.3 Å². The van der Waals surface area contributed by atoms with Crippen LogP contribution in [0.3, 0.4) is 0 Å². The third-order valence-corrected chi connectivity index (χ3v) is 5.38. The summed E-state index contributed by atoms with van der Waals surface area (Å²) in [5, 5.41) is 3.08. The van der Waals surface area contributed by atoms with Gasteiger partial charge in [-0.25, -0.2) is 8.78 Å². The Balaban J connectivity index is 1.85. The van der Waals surface area contributed by atoms with Crippen LogP contribution in [0.1, 0.15) is 16.7 Å². The Morgan fingerprint density at radius 2 is 1.81 bits per heavy atom. The monoisotopic (exact) mass is 429 g/mol. The molecule has 3 N–H and O–H groups in total. The molecule has 31 heavy (non-hydrogen) atoms. The number of aromatic nitrogens is 1. The van der Waals surface area contributed by atoms with Gasteiger partial charge in [0.2, 0.25) is 0 Å². The van der Waals surface area contributed by atoms with E-state index in [1.165, 1.54) is 24.4 Å². The molecule has 1 aliphatic rings. The minimum absolute atomic E-state index is 0.0717. The molecule has 0 amide bonds. The van der Waals surface area contributed by atoms with Gasteiger partial charge in [-0.15, -0.1) is 0 Å². The molecule has 0 fully saturated rings. The van der Waals surface area contributed by atoms with Crippen LogP contribution >= 0.6 is 0 Å². The van der Waals surface area contributed by atoms with Crippen LogP contribution in [0.15, 0.2) is 66.8 Å². The normalized spacial score (nSPS) is 18.1. The summed E-state index contributed by atoms with van der Waals surface area (Å²) < 4.78 is 58.1. The molecule has 0 saturated heterocycles. The fourth-order valence-corrected chi connectivity index (χ4v) is 3.88. The highest BCUT2D eigenvalue weighted by Gasteiger charge is 2.37. The van der Waals surface area contributed by atoms with Gasteiger partial charge in [-0.2, -0.15) is 8.78 Å². The fraction of sp³-hybridized carbons (Fsp3) is 0.174. The van der Waals surface area contributed by atoms with Crippen LogP contribution in [-0.2, 0) is 5.41 Å². The average Bonchev–Trinajstić information content (AvgIpc) is 3.12. The highest BCUT2D eigenvalue weighted by Crippen LogP contribution is 2.40. The molecule has 4 rings (SSSR count). The number of benzene rings is 2. The van der Waals surface area contributed by atoms with E-state index in [0.717, 1.165) is 11.8 Å². The van der Waals surface area contributed by atoms with Gasteiger partial charge in [0.15, 0.2) is 0 Å². The van der Waals surface area contributed by atoms with Gasteiger partial charge < -0.3 is 15.8 Å². The second kappa shape index (κ2) is 7.94. The van der Waals surface area contributed by atoms with E-state index in [2.05, 4.69) is 15.0 Å². The lowest BCUT2D eigenvalue weighted by Gasteiger charge is -2.29. The molecule has 1 unspecified atom stereocenters. The van der Waals surface area contributed by atoms with E-state index in [1.807, 2.05) is 0 Å². The molecule has 0 bridgehead atoms. The first-order valence-electron chi connectivity index (χ1n) is 9.47. The predicted molar refractivity (Wildman–Crippen MR) is 108 cm³/mol. The summed E-state index contributed by atoms with van der Waals surface area (Å²) in [6, 6.07) is 10.7. The second-order valence-corrected chi connectivity index (χ2v) is 7.37. The molecule has 4 nitrogen and oxygen atoms in total. The number of hydrogen-bond acceptors (Lipinski definition) is 4. The smallest absolute Gasteiger partial charge is 0.387 e. The molecule has 0 saturated carbocycles. The molecular formula is C23H19F4N3O. The predicted octanol–water partition coefficient (Wildman–Crippen LogP) is 4.63. The minimum atomic E-state index is -2.93. The molecular weight excluding hydrogens is 410 g/mol. The van der Waals surface area contributed by atoms with E-state index in [1.54, 1.807) is 37.3 Å². The van der Waals surface area contributed by atoms with Gasteiger partial charge in [0.25, 0.3) is 0 Å². The summed E-state index contributed by atoms with van der Waals surface area (Å²) >= 11 is 0. The van der Waals surface area contributed by atoms with E-state index in [0.29, 0.717) is 29.1 Å². The van der Waals surface area contributed by atoms with Gasteiger partial charge in [0.05, 0.1) is 17.4 Å². The SMILES string of the molecule is Cc1cc(C2(c3ccc(F)c(-c4cncc(F)c4)c3)C=C(N)NC2)ccc1OC(F)F. The zero-order valence-corrected chi connectivity index (χ0v) is 16.5. The number of pyridine rings is 1. The van der Waals surface area contributed by atoms with Crippen molar-refractivity contribution in [3.05, 3.63) is 95.1 Å². The first kappa shape index (κ1) is 20.7. The number of hydrogen-bond donors (Lipinski definition) is 2. The van der Waals surface area contributed by atoms with E-state index >= 15 is 0 Å². The summed E-state index contributed by atoms with van der Waals surface area (Å²) in [6.45, 7) is -0.889. The lowest BCUT2D eigenvalue weighted by atomic mass is 9.74. The minimum Gasteiger partial charge on any atom is -0.435 e. The number of rotatable bonds is 5. The molecule has 3 aromatic rings. The van der Waals surface area contributed by atoms with Crippen molar-refractivity contribution in [1.29, 1.82) is 0 Å². The lowest BCUT2D eigenvalue weighted by Crippen LogP contribution is -2.31. The van der Waals surface area contributed by atoms with Crippen LogP contribution in [0, 0.1) is 18.6 Å². The van der Waals surface area contributed by atoms with E-state index in [-0.39, 0.29) is 11.3 Å². The van der Waals surface area contributed by atoms with Crippen LogP contribution in [-0.4, -0.2) is 18.1 Å². The Bertz CT molecular complexity index is 1170. The third-order valence-electron chi connectivity index (χ3n) is 5.38. The number of aryl methyl sites for hydroxylation is 1. The van der Waals surface area contributed by atoms with Crippen molar-refractivity contribution in [3.8, 4) is 16.9 Å². The van der Waals surface area contributed by atoms with E-state index in [9.17, 15) is 17.6 Å². The maximum Gasteiger partial charge on any atom is 0.387 e. The number of nitrogens with one attached hydrogen (secondary N) is 1. The Morgan fingerprint density at radius 3 is 2.45 bits per heavy atom. The summed E-state index contributed by atoms with van der Waals surface area (Å²) in [4.78, 5) is 3.80. The third kappa shape index (κ3) is 3.93. The van der Waals surface area contributed by atoms with Crippen LogP contribution in [0.4, 0.5) is 17.6 Å². The number of ether oxygens (including phenoxy) is 1. The largest absolute Gasteiger partial charge is 0.435 e. The van der Waals surface area contributed by atoms with E-state index < -0.39 is 23.7 Å². The number of nitrogens with zero attached hydrogens (tertiary/aromatic N) is 1. The quantitative estimate of drug-likeness (QED) is 0.581. The molecule has 1 aliphatic heterocycles. The molecule has 2 heterocycles. The molecule has 0 spiro atoms. The zero-order chi connectivity index (χ0) is 22.2. The van der Waals surface area contributed by atoms with Crippen molar-refractivity contribution in [2.75, 3.05) is 6.54 Å². The van der Waals surface area contributed by atoms with Crippen LogP contribution in [0.25, 0.3) is 11.1 Å². The molecule has 1 aromatic heterocycles. The molecule has 160 valence electrons. The summed E-state index contributed by atoms with van der Waals surface area (Å²) in [5.41, 5.74) is 7.69. The van der Waals surface area contributed by atoms with Gasteiger partial charge in [0.1, 0.15) is 17.4 Å². The Morgan fingerprint density at radius 1 is 1.06 bits per heavy atom. The Labute approximate surface area is 176 Å². The molecule has 1 atom stereocenters. The zero-order valence-electron chi connectivity index (χ0n) is 16.5. The van der Waals surface area contributed by atoms with Crippen molar-refractivity contribution in [2.24, 2.45) is 5.73 Å². The van der Waals surface area contributed by atoms with Crippen LogP contribution < -0.4 is 15.8 Å². The Kier molecular flexibility index (Phi) is 5.31. The maximum absolute atomic E-state index is 14.6. The summed E-state index contributed by atoms with van der Waals surface area (Å²) in [6.07, 6.45) is 4.23. The number of halogens is 4. The van der Waals surface area contributed by atoms with E-state index in [4.69, 9.17) is 5.73 Å². The summed E-state index contributed by atoms with van der Waals surface area (Å²) in [7, 11) is 0. The standard InChI is InChI=1S/C23H19F4N3O/c1-13-6-15(3-5-20(13)31-22(26)27)23(9-21(28)30-12-23)16-2-4-19(25)18(8-16)14-7-17(24)11-29-10-14/h2-11,22,30H,12,28H2,1H3. The summed E-state index contributed by atoms with van der Waals surface area (Å²) in [5.74, 6) is -0.591. The van der Waals surface area contributed by atoms with Gasteiger partial charge in [-0.1, -0.05) is 18.2 Å². The second-order valence-electron chi connectivity index (χ2n) is 7.37. The van der Waals surface area contributed by atoms with Crippen LogP contribution in [0.5, 0.6) is 5.75 Å². The van der Waals surface area contributed by atoms with Crippen molar-refractivity contribution >= 4 is 0 Å². The van der Waals surface area contributed by atoms with Crippen molar-refractivity contribution in [2.45, 2.75) is 19.0 Å². The molecule has 2 aromatic carbocycles. The highest BCUT2D eigenvalue weighted by molar-refractivity contribution is 5.66. The van der Waals surface area contributed by atoms with Gasteiger partial charge in [0, 0.05) is 23.9 Å². The highest BCUT2D eigenvalue weighted by atomic mass is 19.3. The maximum atomic E-state index is 14.6. The van der Waals surface area contributed by atoms with Crippen molar-refractivity contribution < 1.29 is 22.3 Å².